The Morgan fingerprint density at radius 1 is 1.10 bits per heavy atom. The number of amides is 2. The van der Waals surface area contributed by atoms with Crippen LogP contribution in [0.15, 0.2) is 48.5 Å². The topological polar surface area (TPSA) is 58.6 Å². The van der Waals surface area contributed by atoms with Gasteiger partial charge in [0.25, 0.3) is 5.91 Å². The first-order valence-corrected chi connectivity index (χ1v) is 9.51. The van der Waals surface area contributed by atoms with Crippen LogP contribution in [0.25, 0.3) is 0 Å². The van der Waals surface area contributed by atoms with Crippen molar-refractivity contribution in [2.24, 2.45) is 5.92 Å². The molecule has 1 N–H and O–H groups in total. The van der Waals surface area contributed by atoms with Crippen LogP contribution >= 0.6 is 11.6 Å². The number of para-hydroxylation sites is 1. The second kappa shape index (κ2) is 9.84. The Balaban J connectivity index is 2.16. The summed E-state index contributed by atoms with van der Waals surface area (Å²) in [6.45, 7) is 3.38. The lowest BCUT2D eigenvalue weighted by atomic mass is 10.0. The highest BCUT2D eigenvalue weighted by molar-refractivity contribution is 6.33. The first-order valence-electron chi connectivity index (χ1n) is 9.13. The summed E-state index contributed by atoms with van der Waals surface area (Å²) in [7, 11) is 1.45. The van der Waals surface area contributed by atoms with Crippen LogP contribution < -0.4 is 10.1 Å². The van der Waals surface area contributed by atoms with Gasteiger partial charge in [-0.3, -0.25) is 9.59 Å². The molecule has 1 atom stereocenters. The molecule has 2 aromatic carbocycles. The summed E-state index contributed by atoms with van der Waals surface area (Å²) in [5.41, 5.74) is 0.412. The number of hydrogen-bond donors (Lipinski definition) is 1. The standard InChI is InChI=1S/C21H22ClF3N2O3/c1-13(2)18(26-19(28)15-9-5-6-10-16(15)22)20(29)27(3)12-14-8-4-7-11-17(14)30-21(23,24)25/h4-11,13,18H,12H2,1-3H3,(H,26,28). The predicted molar refractivity (Wildman–Crippen MR) is 107 cm³/mol. The molecule has 0 bridgehead atoms. The van der Waals surface area contributed by atoms with Crippen molar-refractivity contribution in [1.82, 2.24) is 10.2 Å². The molecule has 5 nitrogen and oxygen atoms in total. The molecule has 0 saturated heterocycles. The van der Waals surface area contributed by atoms with E-state index >= 15 is 0 Å². The SMILES string of the molecule is CC(C)C(NC(=O)c1ccccc1Cl)C(=O)N(C)Cc1ccccc1OC(F)(F)F. The zero-order valence-electron chi connectivity index (χ0n) is 16.7. The van der Waals surface area contributed by atoms with E-state index in [9.17, 15) is 22.8 Å². The molecule has 0 aliphatic carbocycles. The molecule has 0 aromatic heterocycles. The van der Waals surface area contributed by atoms with Gasteiger partial charge in [-0.1, -0.05) is 55.8 Å². The van der Waals surface area contributed by atoms with Crippen LogP contribution in [0.2, 0.25) is 5.02 Å². The zero-order valence-corrected chi connectivity index (χ0v) is 17.4. The average Bonchev–Trinajstić information content (AvgIpc) is 2.65. The van der Waals surface area contributed by atoms with Crippen molar-refractivity contribution in [2.75, 3.05) is 7.05 Å². The van der Waals surface area contributed by atoms with E-state index in [2.05, 4.69) is 10.1 Å². The van der Waals surface area contributed by atoms with Gasteiger partial charge in [0.15, 0.2) is 0 Å². The average molecular weight is 443 g/mol. The largest absolute Gasteiger partial charge is 0.573 e. The van der Waals surface area contributed by atoms with Crippen molar-refractivity contribution < 1.29 is 27.5 Å². The lowest BCUT2D eigenvalue weighted by molar-refractivity contribution is -0.275. The molecular formula is C21H22ClF3N2O3. The number of carbonyl (C=O) groups excluding carboxylic acids is 2. The number of ether oxygens (including phenoxy) is 1. The highest BCUT2D eigenvalue weighted by Gasteiger charge is 2.33. The predicted octanol–water partition coefficient (Wildman–Crippen LogP) is 4.65. The number of benzene rings is 2. The number of likely N-dealkylation sites (N-methyl/N-ethyl adjacent to an activating group) is 1. The quantitative estimate of drug-likeness (QED) is 0.679. The maximum absolute atomic E-state index is 13.0. The van der Waals surface area contributed by atoms with Crippen molar-refractivity contribution in [2.45, 2.75) is 32.8 Å². The fourth-order valence-corrected chi connectivity index (χ4v) is 3.03. The molecule has 0 spiro atoms. The molecule has 0 heterocycles. The minimum atomic E-state index is -4.85. The molecule has 2 aromatic rings. The molecule has 2 amide bonds. The molecule has 0 saturated carbocycles. The Bertz CT molecular complexity index is 903. The van der Waals surface area contributed by atoms with Crippen LogP contribution in [-0.4, -0.2) is 36.2 Å². The number of nitrogens with one attached hydrogen (secondary N) is 1. The number of carbonyl (C=O) groups is 2. The molecule has 30 heavy (non-hydrogen) atoms. The third-order valence-corrected chi connectivity index (χ3v) is 4.65. The molecule has 0 aliphatic rings. The molecule has 162 valence electrons. The minimum absolute atomic E-state index is 0.129. The number of alkyl halides is 3. The van der Waals surface area contributed by atoms with Crippen molar-refractivity contribution in [3.8, 4) is 5.75 Å². The summed E-state index contributed by atoms with van der Waals surface area (Å²) in [5, 5.41) is 2.91. The normalized spacial score (nSPS) is 12.4. The van der Waals surface area contributed by atoms with Crippen LogP contribution in [0.1, 0.15) is 29.8 Å². The van der Waals surface area contributed by atoms with Crippen molar-refractivity contribution in [3.63, 3.8) is 0 Å². The van der Waals surface area contributed by atoms with Crippen LogP contribution in [0.3, 0.4) is 0 Å². The zero-order chi connectivity index (χ0) is 22.5. The first kappa shape index (κ1) is 23.5. The summed E-state index contributed by atoms with van der Waals surface area (Å²) < 4.78 is 41.9. The fraction of sp³-hybridized carbons (Fsp3) is 0.333. The summed E-state index contributed by atoms with van der Waals surface area (Å²) in [4.78, 5) is 26.8. The van der Waals surface area contributed by atoms with Gasteiger partial charge in [-0.2, -0.15) is 0 Å². The van der Waals surface area contributed by atoms with Gasteiger partial charge < -0.3 is 15.0 Å². The number of nitrogens with zero attached hydrogens (tertiary/aromatic N) is 1. The lowest BCUT2D eigenvalue weighted by Gasteiger charge is -2.28. The first-order chi connectivity index (χ1) is 14.0. The number of rotatable bonds is 7. The fourth-order valence-electron chi connectivity index (χ4n) is 2.81. The van der Waals surface area contributed by atoms with E-state index in [1.165, 1.54) is 36.2 Å². The second-order valence-corrected chi connectivity index (χ2v) is 7.43. The van der Waals surface area contributed by atoms with Crippen molar-refractivity contribution in [1.29, 1.82) is 0 Å². The van der Waals surface area contributed by atoms with Gasteiger partial charge in [0.2, 0.25) is 5.91 Å². The van der Waals surface area contributed by atoms with E-state index in [1.54, 1.807) is 38.1 Å². The molecule has 1 unspecified atom stereocenters. The molecule has 9 heteroatoms. The van der Waals surface area contributed by atoms with Gasteiger partial charge in [0, 0.05) is 19.2 Å². The van der Waals surface area contributed by atoms with Gasteiger partial charge >= 0.3 is 6.36 Å². The lowest BCUT2D eigenvalue weighted by Crippen LogP contribution is -2.50. The maximum atomic E-state index is 13.0. The van der Waals surface area contributed by atoms with E-state index in [1.807, 2.05) is 0 Å². The number of halogens is 4. The Kier molecular flexibility index (Phi) is 7.72. The van der Waals surface area contributed by atoms with Gasteiger partial charge in [-0.25, -0.2) is 0 Å². The van der Waals surface area contributed by atoms with E-state index < -0.39 is 24.2 Å². The second-order valence-electron chi connectivity index (χ2n) is 7.02. The van der Waals surface area contributed by atoms with Crippen LogP contribution in [-0.2, 0) is 11.3 Å². The molecule has 0 radical (unpaired) electrons. The van der Waals surface area contributed by atoms with Crippen LogP contribution in [0.4, 0.5) is 13.2 Å². The van der Waals surface area contributed by atoms with E-state index in [0.717, 1.165) is 0 Å². The highest BCUT2D eigenvalue weighted by atomic mass is 35.5. The summed E-state index contributed by atoms with van der Waals surface area (Å²) >= 11 is 6.04. The van der Waals surface area contributed by atoms with E-state index in [4.69, 9.17) is 11.6 Å². The Labute approximate surface area is 177 Å². The van der Waals surface area contributed by atoms with E-state index in [-0.39, 0.29) is 34.4 Å². The Morgan fingerprint density at radius 2 is 1.70 bits per heavy atom. The van der Waals surface area contributed by atoms with Gasteiger partial charge in [0.05, 0.1) is 10.6 Å². The van der Waals surface area contributed by atoms with Crippen LogP contribution in [0.5, 0.6) is 5.75 Å². The molecule has 0 fully saturated rings. The molecule has 2 rings (SSSR count). The van der Waals surface area contributed by atoms with E-state index in [0.29, 0.717) is 0 Å². The number of hydrogen-bond acceptors (Lipinski definition) is 3. The minimum Gasteiger partial charge on any atom is -0.405 e. The third-order valence-electron chi connectivity index (χ3n) is 4.32. The summed E-state index contributed by atoms with van der Waals surface area (Å²) in [6, 6.07) is 11.1. The summed E-state index contributed by atoms with van der Waals surface area (Å²) in [5.74, 6) is -1.62. The van der Waals surface area contributed by atoms with Crippen molar-refractivity contribution in [3.05, 3.63) is 64.7 Å². The smallest absolute Gasteiger partial charge is 0.405 e. The Morgan fingerprint density at radius 3 is 2.30 bits per heavy atom. The van der Waals surface area contributed by atoms with Crippen LogP contribution in [0, 0.1) is 5.92 Å². The van der Waals surface area contributed by atoms with Gasteiger partial charge in [-0.15, -0.1) is 13.2 Å². The monoisotopic (exact) mass is 442 g/mol. The molecule has 0 aliphatic heterocycles. The molecular weight excluding hydrogens is 421 g/mol. The highest BCUT2D eigenvalue weighted by Crippen LogP contribution is 2.27. The third kappa shape index (κ3) is 6.38. The van der Waals surface area contributed by atoms with Gasteiger partial charge in [0.1, 0.15) is 11.8 Å². The summed E-state index contributed by atoms with van der Waals surface area (Å²) in [6.07, 6.45) is -4.85. The van der Waals surface area contributed by atoms with Gasteiger partial charge in [-0.05, 0) is 24.1 Å². The maximum Gasteiger partial charge on any atom is 0.573 e. The van der Waals surface area contributed by atoms with Crippen molar-refractivity contribution >= 4 is 23.4 Å². The Hall–Kier alpha value is -2.74.